The molecule has 4 rings (SSSR count). The normalized spacial score (nSPS) is 16.9. The van der Waals surface area contributed by atoms with Crippen LogP contribution in [0.3, 0.4) is 0 Å². The molecular formula is C24H31N5O3S. The summed E-state index contributed by atoms with van der Waals surface area (Å²) in [6, 6.07) is 14.6. The van der Waals surface area contributed by atoms with E-state index in [1.165, 1.54) is 4.31 Å². The van der Waals surface area contributed by atoms with Crippen LogP contribution < -0.4 is 5.32 Å². The van der Waals surface area contributed by atoms with Gasteiger partial charge in [0, 0.05) is 38.6 Å². The monoisotopic (exact) mass is 469 g/mol. The van der Waals surface area contributed by atoms with Crippen molar-refractivity contribution in [2.45, 2.75) is 44.0 Å². The number of hydrogen-bond donors (Lipinski definition) is 2. The molecule has 0 unspecified atom stereocenters. The third-order valence-electron chi connectivity index (χ3n) is 6.21. The molecule has 0 saturated carbocycles. The van der Waals surface area contributed by atoms with Crippen LogP contribution in [0.5, 0.6) is 0 Å². The Morgan fingerprint density at radius 2 is 1.88 bits per heavy atom. The third-order valence-corrected chi connectivity index (χ3v) is 8.28. The van der Waals surface area contributed by atoms with Crippen LogP contribution in [0.25, 0.3) is 11.0 Å². The summed E-state index contributed by atoms with van der Waals surface area (Å²) in [5, 5.41) is 2.97. The summed E-state index contributed by atoms with van der Waals surface area (Å²) >= 11 is 0. The summed E-state index contributed by atoms with van der Waals surface area (Å²) in [6.07, 6.45) is 1.92. The summed E-state index contributed by atoms with van der Waals surface area (Å²) < 4.78 is 26.7. The average molecular weight is 470 g/mol. The molecule has 1 aliphatic rings. The first-order valence-corrected chi connectivity index (χ1v) is 12.9. The van der Waals surface area contributed by atoms with E-state index < -0.39 is 10.0 Å². The minimum Gasteiger partial charge on any atom is -0.342 e. The van der Waals surface area contributed by atoms with Crippen molar-refractivity contribution in [2.24, 2.45) is 0 Å². The largest absolute Gasteiger partial charge is 0.342 e. The van der Waals surface area contributed by atoms with Crippen molar-refractivity contribution in [3.8, 4) is 0 Å². The SMILES string of the molecule is CCN(CC)S(=O)(=O)c1ccc(CNC(=O)N2CCC[C@@H](c3nc4ccccc4[nH]3)C2)cc1. The Morgan fingerprint density at radius 1 is 1.15 bits per heavy atom. The van der Waals surface area contributed by atoms with Gasteiger partial charge in [-0.3, -0.25) is 0 Å². The number of piperidine rings is 1. The van der Waals surface area contributed by atoms with Crippen molar-refractivity contribution in [1.29, 1.82) is 0 Å². The van der Waals surface area contributed by atoms with Gasteiger partial charge in [0.05, 0.1) is 15.9 Å². The molecule has 9 heteroatoms. The van der Waals surface area contributed by atoms with Gasteiger partial charge >= 0.3 is 6.03 Å². The number of rotatable bonds is 7. The topological polar surface area (TPSA) is 98.4 Å². The van der Waals surface area contributed by atoms with Crippen molar-refractivity contribution in [1.82, 2.24) is 24.5 Å². The number of aromatic amines is 1. The molecule has 1 saturated heterocycles. The molecule has 176 valence electrons. The van der Waals surface area contributed by atoms with Gasteiger partial charge < -0.3 is 15.2 Å². The second kappa shape index (κ2) is 9.93. The maximum atomic E-state index is 12.8. The molecule has 1 fully saturated rings. The number of carbonyl (C=O) groups is 1. The fraction of sp³-hybridized carbons (Fsp3) is 0.417. The summed E-state index contributed by atoms with van der Waals surface area (Å²) in [6.45, 7) is 6.18. The highest BCUT2D eigenvalue weighted by molar-refractivity contribution is 7.89. The highest BCUT2D eigenvalue weighted by Crippen LogP contribution is 2.26. The number of amides is 2. The number of likely N-dealkylation sites (tertiary alicyclic amines) is 1. The predicted octanol–water partition coefficient (Wildman–Crippen LogP) is 3.68. The van der Waals surface area contributed by atoms with Crippen molar-refractivity contribution in [3.63, 3.8) is 0 Å². The molecule has 8 nitrogen and oxygen atoms in total. The third kappa shape index (κ3) is 5.04. The van der Waals surface area contributed by atoms with Gasteiger partial charge in [0.25, 0.3) is 0 Å². The van der Waals surface area contributed by atoms with E-state index in [0.717, 1.165) is 35.3 Å². The number of sulfonamides is 1. The maximum absolute atomic E-state index is 12.8. The highest BCUT2D eigenvalue weighted by atomic mass is 32.2. The molecule has 2 aromatic carbocycles. The van der Waals surface area contributed by atoms with Gasteiger partial charge in [-0.25, -0.2) is 18.2 Å². The Hall–Kier alpha value is -2.91. The number of nitrogens with one attached hydrogen (secondary N) is 2. The zero-order valence-corrected chi connectivity index (χ0v) is 19.9. The fourth-order valence-corrected chi connectivity index (χ4v) is 5.79. The molecule has 2 heterocycles. The van der Waals surface area contributed by atoms with E-state index in [9.17, 15) is 13.2 Å². The molecule has 0 spiro atoms. The summed E-state index contributed by atoms with van der Waals surface area (Å²) in [4.78, 5) is 23.0. The van der Waals surface area contributed by atoms with Crippen LogP contribution in [0.1, 0.15) is 44.0 Å². The maximum Gasteiger partial charge on any atom is 0.317 e. The zero-order chi connectivity index (χ0) is 23.4. The van der Waals surface area contributed by atoms with Crippen LogP contribution in [0.15, 0.2) is 53.4 Å². The van der Waals surface area contributed by atoms with Crippen molar-refractivity contribution in [2.75, 3.05) is 26.2 Å². The Balaban J connectivity index is 1.35. The second-order valence-electron chi connectivity index (χ2n) is 8.32. The minimum absolute atomic E-state index is 0.115. The van der Waals surface area contributed by atoms with Crippen LogP contribution in [0.4, 0.5) is 4.79 Å². The number of imidazole rings is 1. The number of urea groups is 1. The van der Waals surface area contributed by atoms with Crippen molar-refractivity contribution in [3.05, 3.63) is 59.9 Å². The number of carbonyl (C=O) groups excluding carboxylic acids is 1. The molecule has 1 atom stereocenters. The lowest BCUT2D eigenvalue weighted by atomic mass is 9.97. The lowest BCUT2D eigenvalue weighted by Gasteiger charge is -2.31. The van der Waals surface area contributed by atoms with Gasteiger partial charge in [-0.05, 0) is 42.7 Å². The van der Waals surface area contributed by atoms with Gasteiger partial charge in [-0.15, -0.1) is 0 Å². The average Bonchev–Trinajstić information content (AvgIpc) is 3.28. The molecule has 2 N–H and O–H groups in total. The summed E-state index contributed by atoms with van der Waals surface area (Å²) in [5.74, 6) is 1.11. The Bertz CT molecular complexity index is 1170. The van der Waals surface area contributed by atoms with E-state index in [0.29, 0.717) is 32.7 Å². The molecule has 2 amide bonds. The first-order chi connectivity index (χ1) is 15.9. The minimum atomic E-state index is -3.48. The van der Waals surface area contributed by atoms with E-state index >= 15 is 0 Å². The van der Waals surface area contributed by atoms with Crippen LogP contribution in [-0.4, -0.2) is 59.8 Å². The van der Waals surface area contributed by atoms with Gasteiger partial charge in [0.1, 0.15) is 5.82 Å². The summed E-state index contributed by atoms with van der Waals surface area (Å²) in [5.41, 5.74) is 2.81. The first kappa shape index (κ1) is 23.3. The van der Waals surface area contributed by atoms with Crippen LogP contribution >= 0.6 is 0 Å². The molecule has 0 radical (unpaired) electrons. The number of para-hydroxylation sites is 2. The molecular weight excluding hydrogens is 438 g/mol. The number of benzene rings is 2. The van der Waals surface area contributed by atoms with E-state index in [2.05, 4.69) is 10.3 Å². The number of fused-ring (bicyclic) bond motifs is 1. The highest BCUT2D eigenvalue weighted by Gasteiger charge is 2.27. The standard InChI is InChI=1S/C24H31N5O3S/c1-3-29(4-2)33(31,32)20-13-11-18(12-14-20)16-25-24(30)28-15-7-8-19(17-28)23-26-21-9-5-6-10-22(21)27-23/h5-6,9-14,19H,3-4,7-8,15-17H2,1-2H3,(H,25,30)(H,26,27)/t19-/m1/s1. The molecule has 3 aromatic rings. The quantitative estimate of drug-likeness (QED) is 0.551. The van der Waals surface area contributed by atoms with Gasteiger partial charge in [-0.2, -0.15) is 4.31 Å². The van der Waals surface area contributed by atoms with Crippen LogP contribution in [0.2, 0.25) is 0 Å². The second-order valence-corrected chi connectivity index (χ2v) is 10.3. The molecule has 1 aromatic heterocycles. The van der Waals surface area contributed by atoms with Crippen LogP contribution in [-0.2, 0) is 16.6 Å². The molecule has 0 bridgehead atoms. The van der Waals surface area contributed by atoms with E-state index in [1.807, 2.05) is 43.0 Å². The predicted molar refractivity (Wildman–Crippen MR) is 128 cm³/mol. The van der Waals surface area contributed by atoms with Gasteiger partial charge in [-0.1, -0.05) is 38.1 Å². The summed E-state index contributed by atoms with van der Waals surface area (Å²) in [7, 11) is -3.48. The van der Waals surface area contributed by atoms with Crippen molar-refractivity contribution < 1.29 is 13.2 Å². The molecule has 1 aliphatic heterocycles. The van der Waals surface area contributed by atoms with Crippen molar-refractivity contribution >= 4 is 27.1 Å². The van der Waals surface area contributed by atoms with E-state index in [-0.39, 0.29) is 16.8 Å². The number of hydrogen-bond acceptors (Lipinski definition) is 4. The lowest BCUT2D eigenvalue weighted by molar-refractivity contribution is 0.178. The fourth-order valence-electron chi connectivity index (χ4n) is 4.33. The Kier molecular flexibility index (Phi) is 6.99. The van der Waals surface area contributed by atoms with E-state index in [1.54, 1.807) is 24.3 Å². The number of nitrogens with zero attached hydrogens (tertiary/aromatic N) is 3. The smallest absolute Gasteiger partial charge is 0.317 e. The number of H-pyrrole nitrogens is 1. The zero-order valence-electron chi connectivity index (χ0n) is 19.1. The number of aromatic nitrogens is 2. The van der Waals surface area contributed by atoms with Gasteiger partial charge in [0.2, 0.25) is 10.0 Å². The first-order valence-electron chi connectivity index (χ1n) is 11.5. The lowest BCUT2D eigenvalue weighted by Crippen LogP contribution is -2.44. The Labute approximate surface area is 195 Å². The van der Waals surface area contributed by atoms with Gasteiger partial charge in [0.15, 0.2) is 0 Å². The van der Waals surface area contributed by atoms with Crippen LogP contribution in [0, 0.1) is 0 Å². The Morgan fingerprint density at radius 3 is 2.58 bits per heavy atom. The molecule has 33 heavy (non-hydrogen) atoms. The van der Waals surface area contributed by atoms with E-state index in [4.69, 9.17) is 4.98 Å². The molecule has 0 aliphatic carbocycles.